The first-order valence-corrected chi connectivity index (χ1v) is 11.0. The molecule has 3 aliphatic rings. The summed E-state index contributed by atoms with van der Waals surface area (Å²) in [6.45, 7) is 0.208. The van der Waals surface area contributed by atoms with Crippen LogP contribution in [-0.4, -0.2) is 29.6 Å². The molecule has 6 nitrogen and oxygen atoms in total. The number of amides is 3. The highest BCUT2D eigenvalue weighted by Gasteiger charge is 2.49. The number of ether oxygens (including phenoxy) is 1. The number of halogens is 2. The highest BCUT2D eigenvalue weighted by atomic mass is 19.1. The molecule has 32 heavy (non-hydrogen) atoms. The van der Waals surface area contributed by atoms with Gasteiger partial charge in [0.25, 0.3) is 5.91 Å². The molecular weight excluding hydrogens is 416 g/mol. The van der Waals surface area contributed by atoms with Gasteiger partial charge in [0.1, 0.15) is 18.0 Å². The minimum Gasteiger partial charge on any atom is -0.486 e. The largest absolute Gasteiger partial charge is 0.486 e. The molecule has 2 aliphatic carbocycles. The van der Waals surface area contributed by atoms with Crippen molar-refractivity contribution in [2.24, 2.45) is 0 Å². The second-order valence-corrected chi connectivity index (χ2v) is 8.96. The Labute approximate surface area is 184 Å². The van der Waals surface area contributed by atoms with E-state index in [1.807, 2.05) is 30.3 Å². The summed E-state index contributed by atoms with van der Waals surface area (Å²) in [6, 6.07) is 11.5. The van der Waals surface area contributed by atoms with Crippen LogP contribution in [0.3, 0.4) is 0 Å². The Kier molecular flexibility index (Phi) is 5.33. The number of benzene rings is 2. The molecule has 0 radical (unpaired) electrons. The summed E-state index contributed by atoms with van der Waals surface area (Å²) in [5, 5.41) is 8.65. The first kappa shape index (κ1) is 20.9. The predicted octanol–water partition coefficient (Wildman–Crippen LogP) is 3.51. The molecule has 2 saturated carbocycles. The lowest BCUT2D eigenvalue weighted by Crippen LogP contribution is -2.52. The molecular formula is C24H25F2N3O3. The van der Waals surface area contributed by atoms with Crippen LogP contribution in [0.5, 0.6) is 5.75 Å². The van der Waals surface area contributed by atoms with Gasteiger partial charge in [0, 0.05) is 29.6 Å². The maximum absolute atomic E-state index is 14.6. The molecule has 5 rings (SSSR count). The van der Waals surface area contributed by atoms with Crippen molar-refractivity contribution in [3.8, 4) is 5.75 Å². The van der Waals surface area contributed by atoms with E-state index in [4.69, 9.17) is 4.74 Å². The van der Waals surface area contributed by atoms with Gasteiger partial charge in [-0.05, 0) is 43.7 Å². The summed E-state index contributed by atoms with van der Waals surface area (Å²) in [6.07, 6.45) is 3.39. The summed E-state index contributed by atoms with van der Waals surface area (Å²) in [4.78, 5) is 23.6. The van der Waals surface area contributed by atoms with Crippen molar-refractivity contribution in [1.82, 2.24) is 16.0 Å². The average Bonchev–Trinajstić information content (AvgIpc) is 3.47. The van der Waals surface area contributed by atoms with E-state index in [-0.39, 0.29) is 36.3 Å². The van der Waals surface area contributed by atoms with Gasteiger partial charge < -0.3 is 15.4 Å². The average molecular weight is 441 g/mol. The second-order valence-electron chi connectivity index (χ2n) is 8.96. The van der Waals surface area contributed by atoms with Crippen LogP contribution in [0, 0.1) is 11.6 Å². The van der Waals surface area contributed by atoms with Gasteiger partial charge in [-0.25, -0.2) is 13.6 Å². The lowest BCUT2D eigenvalue weighted by molar-refractivity contribution is -0.125. The van der Waals surface area contributed by atoms with E-state index < -0.39 is 23.2 Å². The number of imide groups is 1. The van der Waals surface area contributed by atoms with Crippen molar-refractivity contribution in [1.29, 1.82) is 0 Å². The van der Waals surface area contributed by atoms with E-state index in [1.54, 1.807) is 0 Å². The molecule has 0 aromatic heterocycles. The molecule has 1 heterocycles. The Morgan fingerprint density at radius 3 is 2.53 bits per heavy atom. The molecule has 2 aromatic carbocycles. The molecule has 3 amide bonds. The Balaban J connectivity index is 1.22. The predicted molar refractivity (Wildman–Crippen MR) is 113 cm³/mol. The molecule has 1 spiro atoms. The number of nitrogens with one attached hydrogen (secondary N) is 3. The highest BCUT2D eigenvalue weighted by molar-refractivity contribution is 6.07. The fourth-order valence-electron chi connectivity index (χ4n) is 4.92. The normalized spacial score (nSPS) is 29.0. The van der Waals surface area contributed by atoms with E-state index >= 15 is 0 Å². The van der Waals surface area contributed by atoms with Crippen molar-refractivity contribution in [2.45, 2.75) is 62.3 Å². The minimum absolute atomic E-state index is 0.0312. The van der Waals surface area contributed by atoms with Gasteiger partial charge in [-0.1, -0.05) is 30.3 Å². The molecule has 0 bridgehead atoms. The molecule has 8 heteroatoms. The van der Waals surface area contributed by atoms with Crippen LogP contribution >= 0.6 is 0 Å². The smallest absolute Gasteiger partial charge is 0.322 e. The number of hydrogen-bond acceptors (Lipinski definition) is 4. The first-order valence-electron chi connectivity index (χ1n) is 11.0. The van der Waals surface area contributed by atoms with E-state index in [2.05, 4.69) is 16.0 Å². The van der Waals surface area contributed by atoms with Gasteiger partial charge in [-0.3, -0.25) is 10.1 Å². The summed E-state index contributed by atoms with van der Waals surface area (Å²) in [5.74, 6) is -1.48. The Hall–Kier alpha value is -3.00. The van der Waals surface area contributed by atoms with Crippen molar-refractivity contribution in [3.05, 3.63) is 65.2 Å². The summed E-state index contributed by atoms with van der Waals surface area (Å²) < 4.78 is 34.3. The highest BCUT2D eigenvalue weighted by Crippen LogP contribution is 2.47. The summed E-state index contributed by atoms with van der Waals surface area (Å²) in [5.41, 5.74) is 0.667. The van der Waals surface area contributed by atoms with Crippen molar-refractivity contribution in [3.63, 3.8) is 0 Å². The van der Waals surface area contributed by atoms with Crippen molar-refractivity contribution < 1.29 is 23.1 Å². The van der Waals surface area contributed by atoms with Crippen LogP contribution in [0.25, 0.3) is 0 Å². The molecule has 168 valence electrons. The summed E-state index contributed by atoms with van der Waals surface area (Å²) in [7, 11) is 0. The van der Waals surface area contributed by atoms with E-state index in [1.165, 1.54) is 6.07 Å². The molecule has 2 unspecified atom stereocenters. The first-order chi connectivity index (χ1) is 15.4. The molecule has 1 aliphatic heterocycles. The molecule has 1 saturated heterocycles. The van der Waals surface area contributed by atoms with Crippen molar-refractivity contribution >= 4 is 11.9 Å². The van der Waals surface area contributed by atoms with Crippen molar-refractivity contribution in [2.75, 3.05) is 0 Å². The molecule has 2 aromatic rings. The van der Waals surface area contributed by atoms with Gasteiger partial charge in [0.05, 0.1) is 0 Å². The van der Waals surface area contributed by atoms with Gasteiger partial charge in [0.15, 0.2) is 11.6 Å². The number of carbonyl (C=O) groups is 2. The molecule has 2 atom stereocenters. The maximum atomic E-state index is 14.6. The van der Waals surface area contributed by atoms with E-state index in [0.29, 0.717) is 18.4 Å². The van der Waals surface area contributed by atoms with Gasteiger partial charge in [-0.15, -0.1) is 0 Å². The zero-order chi connectivity index (χ0) is 22.3. The zero-order valence-electron chi connectivity index (χ0n) is 17.5. The van der Waals surface area contributed by atoms with Gasteiger partial charge >= 0.3 is 6.03 Å². The Morgan fingerprint density at radius 2 is 1.84 bits per heavy atom. The van der Waals surface area contributed by atoms with E-state index in [9.17, 15) is 18.4 Å². The van der Waals surface area contributed by atoms with Crippen LogP contribution in [-0.2, 0) is 11.4 Å². The van der Waals surface area contributed by atoms with Crippen LogP contribution < -0.4 is 20.7 Å². The lowest BCUT2D eigenvalue weighted by atomic mass is 9.79. The molecule has 3 N–H and O–H groups in total. The Bertz CT molecular complexity index is 1040. The SMILES string of the molecule is O=C1NC(=O)C2(CCC(NC3CC3c3cc(F)cc(F)c3OCc3ccccc3)CC2)N1. The number of hydrogen-bond donors (Lipinski definition) is 3. The summed E-state index contributed by atoms with van der Waals surface area (Å²) >= 11 is 0. The third-order valence-electron chi connectivity index (χ3n) is 6.76. The third-order valence-corrected chi connectivity index (χ3v) is 6.76. The zero-order valence-corrected chi connectivity index (χ0v) is 17.5. The fourth-order valence-corrected chi connectivity index (χ4v) is 4.92. The van der Waals surface area contributed by atoms with Gasteiger partial charge in [0.2, 0.25) is 0 Å². The van der Waals surface area contributed by atoms with Crippen LogP contribution in [0.1, 0.15) is 49.1 Å². The van der Waals surface area contributed by atoms with Gasteiger partial charge in [-0.2, -0.15) is 0 Å². The van der Waals surface area contributed by atoms with Crippen LogP contribution in [0.4, 0.5) is 13.6 Å². The fraction of sp³-hybridized carbons (Fsp3) is 0.417. The van der Waals surface area contributed by atoms with E-state index in [0.717, 1.165) is 30.9 Å². The number of carbonyl (C=O) groups excluding carboxylic acids is 2. The monoisotopic (exact) mass is 441 g/mol. The quantitative estimate of drug-likeness (QED) is 0.600. The Morgan fingerprint density at radius 1 is 1.09 bits per heavy atom. The van der Waals surface area contributed by atoms with Crippen LogP contribution in [0.2, 0.25) is 0 Å². The third kappa shape index (κ3) is 4.07. The lowest BCUT2D eigenvalue weighted by Gasteiger charge is -2.35. The number of urea groups is 1. The van der Waals surface area contributed by atoms with Crippen LogP contribution in [0.15, 0.2) is 42.5 Å². The molecule has 3 fully saturated rings. The topological polar surface area (TPSA) is 79.5 Å². The maximum Gasteiger partial charge on any atom is 0.322 e. The standard InChI is InChI=1S/C24H25F2N3O3/c25-15-10-18(21(19(26)11-15)32-13-14-4-2-1-3-5-14)17-12-20(17)27-16-6-8-24(9-7-16)22(30)28-23(31)29-24/h1-5,10-11,16-17,20,27H,6-9,12-13H2,(H2,28,29,30,31). The second kappa shape index (κ2) is 8.16. The number of rotatable bonds is 6. The minimum atomic E-state index is -0.789.